The van der Waals surface area contributed by atoms with Crippen LogP contribution in [-0.4, -0.2) is 11.9 Å². The summed E-state index contributed by atoms with van der Waals surface area (Å²) in [6.45, 7) is 0.773. The van der Waals surface area contributed by atoms with Gasteiger partial charge in [0.15, 0.2) is 0 Å². The van der Waals surface area contributed by atoms with Crippen molar-refractivity contribution in [2.24, 2.45) is 5.73 Å². The number of carbonyl (C=O) groups is 1. The first-order valence-electron chi connectivity index (χ1n) is 6.91. The van der Waals surface area contributed by atoms with E-state index in [1.165, 1.54) is 12.0 Å². The summed E-state index contributed by atoms with van der Waals surface area (Å²) in [7, 11) is 0. The van der Waals surface area contributed by atoms with Crippen LogP contribution >= 0.6 is 0 Å². The molecular weight excluding hydrogens is 248 g/mol. The minimum atomic E-state index is -0.375. The third-order valence-electron chi connectivity index (χ3n) is 3.80. The first-order valence-corrected chi connectivity index (χ1v) is 6.91. The second kappa shape index (κ2) is 5.47. The Balaban J connectivity index is 1.56. The van der Waals surface area contributed by atoms with E-state index in [1.807, 2.05) is 24.3 Å². The quantitative estimate of drug-likeness (QED) is 0.873. The summed E-state index contributed by atoms with van der Waals surface area (Å²) in [6.07, 6.45) is 1.18. The molecule has 1 fully saturated rings. The zero-order valence-corrected chi connectivity index (χ0v) is 11.3. The van der Waals surface area contributed by atoms with Gasteiger partial charge >= 0.3 is 0 Å². The molecule has 1 amide bonds. The molecule has 3 nitrogen and oxygen atoms in total. The Morgan fingerprint density at radius 1 is 1.15 bits per heavy atom. The van der Waals surface area contributed by atoms with Crippen LogP contribution in [0.25, 0.3) is 0 Å². The SMILES string of the molecule is NC(=O)c1cccc(CN[C@H]2C[C@@H]2c2ccccc2)c1. The van der Waals surface area contributed by atoms with Gasteiger partial charge in [0.1, 0.15) is 0 Å². The lowest BCUT2D eigenvalue weighted by Crippen LogP contribution is -2.18. The van der Waals surface area contributed by atoms with Crippen LogP contribution in [0.5, 0.6) is 0 Å². The molecule has 1 aliphatic rings. The van der Waals surface area contributed by atoms with Crippen molar-refractivity contribution >= 4 is 5.91 Å². The first kappa shape index (κ1) is 12.9. The number of carbonyl (C=O) groups excluding carboxylic acids is 1. The monoisotopic (exact) mass is 266 g/mol. The average Bonchev–Trinajstić information content (AvgIpc) is 3.26. The Morgan fingerprint density at radius 2 is 1.95 bits per heavy atom. The van der Waals surface area contributed by atoms with E-state index in [2.05, 4.69) is 29.6 Å². The van der Waals surface area contributed by atoms with Crippen molar-refractivity contribution in [3.8, 4) is 0 Å². The minimum absolute atomic E-state index is 0.375. The molecule has 3 rings (SSSR count). The van der Waals surface area contributed by atoms with Crippen molar-refractivity contribution in [3.05, 3.63) is 71.3 Å². The zero-order valence-electron chi connectivity index (χ0n) is 11.3. The molecule has 20 heavy (non-hydrogen) atoms. The lowest BCUT2D eigenvalue weighted by Gasteiger charge is -2.06. The highest BCUT2D eigenvalue weighted by atomic mass is 16.1. The maximum atomic E-state index is 11.1. The predicted molar refractivity (Wildman–Crippen MR) is 79.4 cm³/mol. The van der Waals surface area contributed by atoms with E-state index in [4.69, 9.17) is 5.73 Å². The molecule has 0 aromatic heterocycles. The van der Waals surface area contributed by atoms with E-state index < -0.39 is 0 Å². The van der Waals surface area contributed by atoms with Crippen LogP contribution in [0.3, 0.4) is 0 Å². The number of amides is 1. The van der Waals surface area contributed by atoms with Gasteiger partial charge in [-0.05, 0) is 29.7 Å². The van der Waals surface area contributed by atoms with E-state index in [-0.39, 0.29) is 5.91 Å². The molecule has 0 heterocycles. The molecule has 3 N–H and O–H groups in total. The highest BCUT2D eigenvalue weighted by Gasteiger charge is 2.37. The van der Waals surface area contributed by atoms with Crippen molar-refractivity contribution in [2.75, 3.05) is 0 Å². The van der Waals surface area contributed by atoms with Gasteiger partial charge in [-0.25, -0.2) is 0 Å². The number of benzene rings is 2. The van der Waals surface area contributed by atoms with Gasteiger partial charge in [0, 0.05) is 24.1 Å². The van der Waals surface area contributed by atoms with Crippen molar-refractivity contribution in [2.45, 2.75) is 24.9 Å². The van der Waals surface area contributed by atoms with Crippen LogP contribution in [0.15, 0.2) is 54.6 Å². The highest BCUT2D eigenvalue weighted by Crippen LogP contribution is 2.40. The summed E-state index contributed by atoms with van der Waals surface area (Å²) < 4.78 is 0. The molecule has 1 saturated carbocycles. The van der Waals surface area contributed by atoms with Crippen molar-refractivity contribution in [1.82, 2.24) is 5.32 Å². The van der Waals surface area contributed by atoms with Gasteiger partial charge in [-0.1, -0.05) is 42.5 Å². The smallest absolute Gasteiger partial charge is 0.248 e. The maximum absolute atomic E-state index is 11.1. The lowest BCUT2D eigenvalue weighted by atomic mass is 10.1. The molecule has 0 unspecified atom stereocenters. The Labute approximate surface area is 118 Å². The molecule has 102 valence electrons. The molecule has 0 bridgehead atoms. The summed E-state index contributed by atoms with van der Waals surface area (Å²) in [5, 5.41) is 3.54. The molecule has 2 atom stereocenters. The van der Waals surface area contributed by atoms with E-state index in [1.54, 1.807) is 6.07 Å². The highest BCUT2D eigenvalue weighted by molar-refractivity contribution is 5.92. The summed E-state index contributed by atoms with van der Waals surface area (Å²) in [6, 6.07) is 18.6. The van der Waals surface area contributed by atoms with Crippen LogP contribution in [0.2, 0.25) is 0 Å². The van der Waals surface area contributed by atoms with Crippen LogP contribution in [0, 0.1) is 0 Å². The fraction of sp³-hybridized carbons (Fsp3) is 0.235. The molecule has 0 aliphatic heterocycles. The zero-order chi connectivity index (χ0) is 13.9. The van der Waals surface area contributed by atoms with E-state index in [0.717, 1.165) is 12.1 Å². The second-order valence-electron chi connectivity index (χ2n) is 5.30. The molecular formula is C17H18N2O. The number of rotatable bonds is 5. The third kappa shape index (κ3) is 2.89. The summed E-state index contributed by atoms with van der Waals surface area (Å²) in [4.78, 5) is 11.1. The molecule has 0 saturated heterocycles. The van der Waals surface area contributed by atoms with Crippen LogP contribution in [0.1, 0.15) is 33.8 Å². The minimum Gasteiger partial charge on any atom is -0.366 e. The number of nitrogens with two attached hydrogens (primary N) is 1. The van der Waals surface area contributed by atoms with Gasteiger partial charge in [-0.15, -0.1) is 0 Å². The molecule has 2 aromatic carbocycles. The number of hydrogen-bond donors (Lipinski definition) is 2. The van der Waals surface area contributed by atoms with Gasteiger partial charge in [0.2, 0.25) is 5.91 Å². The Bertz CT molecular complexity index is 609. The number of primary amides is 1. The molecule has 2 aromatic rings. The summed E-state index contributed by atoms with van der Waals surface area (Å²) in [5.74, 6) is 0.246. The Kier molecular flexibility index (Phi) is 3.52. The molecule has 0 spiro atoms. The van der Waals surface area contributed by atoms with Gasteiger partial charge in [0.05, 0.1) is 0 Å². The fourth-order valence-corrected chi connectivity index (χ4v) is 2.57. The first-order chi connectivity index (χ1) is 9.74. The number of nitrogens with one attached hydrogen (secondary N) is 1. The van der Waals surface area contributed by atoms with E-state index in [9.17, 15) is 4.79 Å². The predicted octanol–water partition coefficient (Wildman–Crippen LogP) is 2.43. The van der Waals surface area contributed by atoms with Crippen LogP contribution in [0.4, 0.5) is 0 Å². The van der Waals surface area contributed by atoms with Crippen LogP contribution in [-0.2, 0) is 6.54 Å². The lowest BCUT2D eigenvalue weighted by molar-refractivity contribution is 0.1000. The second-order valence-corrected chi connectivity index (χ2v) is 5.30. The van der Waals surface area contributed by atoms with Crippen LogP contribution < -0.4 is 11.1 Å². The summed E-state index contributed by atoms with van der Waals surface area (Å²) in [5.41, 5.74) is 8.36. The normalized spacial score (nSPS) is 20.6. The van der Waals surface area contributed by atoms with Gasteiger partial charge in [0.25, 0.3) is 0 Å². The summed E-state index contributed by atoms with van der Waals surface area (Å²) >= 11 is 0. The molecule has 3 heteroatoms. The van der Waals surface area contributed by atoms with Gasteiger partial charge < -0.3 is 11.1 Å². The third-order valence-corrected chi connectivity index (χ3v) is 3.80. The standard InChI is InChI=1S/C17H18N2O/c18-17(20)14-8-4-5-12(9-14)11-19-16-10-15(16)13-6-2-1-3-7-13/h1-9,15-16,19H,10-11H2,(H2,18,20)/t15-,16+/m1/s1. The van der Waals surface area contributed by atoms with Crippen molar-refractivity contribution < 1.29 is 4.79 Å². The maximum Gasteiger partial charge on any atom is 0.248 e. The topological polar surface area (TPSA) is 55.1 Å². The van der Waals surface area contributed by atoms with Gasteiger partial charge in [-0.3, -0.25) is 4.79 Å². The fourth-order valence-electron chi connectivity index (χ4n) is 2.57. The van der Waals surface area contributed by atoms with E-state index >= 15 is 0 Å². The Morgan fingerprint density at radius 3 is 2.70 bits per heavy atom. The largest absolute Gasteiger partial charge is 0.366 e. The van der Waals surface area contributed by atoms with Crippen molar-refractivity contribution in [3.63, 3.8) is 0 Å². The molecule has 0 radical (unpaired) electrons. The van der Waals surface area contributed by atoms with Crippen molar-refractivity contribution in [1.29, 1.82) is 0 Å². The Hall–Kier alpha value is -2.13. The number of hydrogen-bond acceptors (Lipinski definition) is 2. The molecule has 1 aliphatic carbocycles. The van der Waals surface area contributed by atoms with E-state index in [0.29, 0.717) is 17.5 Å². The van der Waals surface area contributed by atoms with Gasteiger partial charge in [-0.2, -0.15) is 0 Å². The average molecular weight is 266 g/mol.